The molecule has 2 heterocycles. The molecule has 0 spiro atoms. The molecule has 0 saturated heterocycles. The second kappa shape index (κ2) is 5.81. The van der Waals surface area contributed by atoms with E-state index in [0.717, 1.165) is 17.0 Å². The molecular weight excluding hydrogens is 300 g/mol. The average molecular weight is 316 g/mol. The molecule has 0 radical (unpaired) electrons. The summed E-state index contributed by atoms with van der Waals surface area (Å²) < 4.78 is 1.91. The van der Waals surface area contributed by atoms with Crippen molar-refractivity contribution < 1.29 is 14.8 Å². The lowest BCUT2D eigenvalue weighted by Gasteiger charge is -2.21. The summed E-state index contributed by atoms with van der Waals surface area (Å²) in [6, 6.07) is 4.37. The number of benzene rings is 1. The van der Waals surface area contributed by atoms with Gasteiger partial charge in [0.15, 0.2) is 0 Å². The first-order valence-electron chi connectivity index (χ1n) is 7.18. The van der Waals surface area contributed by atoms with Crippen LogP contribution in [0.25, 0.3) is 0 Å². The molecule has 0 bridgehead atoms. The molecular formula is C15H16N4O4. The Kier molecular flexibility index (Phi) is 3.83. The molecule has 1 aromatic heterocycles. The summed E-state index contributed by atoms with van der Waals surface area (Å²) in [7, 11) is 0. The van der Waals surface area contributed by atoms with Crippen LogP contribution in [-0.2, 0) is 24.3 Å². The number of carboxylic acids is 1. The lowest BCUT2D eigenvalue weighted by molar-refractivity contribution is -0.385. The summed E-state index contributed by atoms with van der Waals surface area (Å²) in [5, 5.41) is 22.9. The summed E-state index contributed by atoms with van der Waals surface area (Å²) >= 11 is 0. The predicted octanol–water partition coefficient (Wildman–Crippen LogP) is 1.25. The highest BCUT2D eigenvalue weighted by atomic mass is 16.6. The van der Waals surface area contributed by atoms with Gasteiger partial charge in [0.1, 0.15) is 6.04 Å². The summed E-state index contributed by atoms with van der Waals surface area (Å²) in [4.78, 5) is 25.9. The van der Waals surface area contributed by atoms with Gasteiger partial charge in [0.25, 0.3) is 5.69 Å². The van der Waals surface area contributed by atoms with Crippen LogP contribution in [0.4, 0.5) is 5.69 Å². The molecule has 0 fully saturated rings. The average Bonchev–Trinajstić information content (AvgIpc) is 2.89. The first-order valence-corrected chi connectivity index (χ1v) is 7.18. The quantitative estimate of drug-likeness (QED) is 0.649. The molecule has 0 unspecified atom stereocenters. The Labute approximate surface area is 131 Å². The second-order valence-corrected chi connectivity index (χ2v) is 5.62. The number of nitro groups is 1. The van der Waals surface area contributed by atoms with Gasteiger partial charge in [-0.1, -0.05) is 6.07 Å². The van der Waals surface area contributed by atoms with Crippen molar-refractivity contribution in [1.82, 2.24) is 14.9 Å². The van der Waals surface area contributed by atoms with Crippen LogP contribution in [0, 0.1) is 17.0 Å². The number of nitrogens with zero attached hydrogens (tertiary/aromatic N) is 3. The maximum absolute atomic E-state index is 11.1. The van der Waals surface area contributed by atoms with Crippen LogP contribution < -0.4 is 5.32 Å². The molecule has 0 saturated carbocycles. The Hall–Kier alpha value is -2.74. The number of carboxylic acid groups (broad SMARTS) is 1. The first kappa shape index (κ1) is 15.2. The zero-order chi connectivity index (χ0) is 16.6. The minimum absolute atomic E-state index is 0.0940. The number of fused-ring (bicyclic) bond motifs is 1. The Balaban J connectivity index is 1.85. The van der Waals surface area contributed by atoms with Crippen molar-refractivity contribution in [3.8, 4) is 0 Å². The Morgan fingerprint density at radius 1 is 1.57 bits per heavy atom. The third-order valence-electron chi connectivity index (χ3n) is 4.06. The topological polar surface area (TPSA) is 110 Å². The van der Waals surface area contributed by atoms with Gasteiger partial charge in [0.2, 0.25) is 0 Å². The maximum Gasteiger partial charge on any atom is 0.321 e. The molecule has 2 aromatic rings. The van der Waals surface area contributed by atoms with E-state index in [1.807, 2.05) is 4.57 Å². The molecule has 0 aliphatic carbocycles. The van der Waals surface area contributed by atoms with E-state index < -0.39 is 16.9 Å². The van der Waals surface area contributed by atoms with E-state index in [0.29, 0.717) is 25.1 Å². The monoisotopic (exact) mass is 316 g/mol. The van der Waals surface area contributed by atoms with Crippen LogP contribution in [0.3, 0.4) is 0 Å². The SMILES string of the molecule is Cc1cc(Cn2cnc3c2C[C@@H](C(=O)O)NC3)ccc1[N+](=O)[O-]. The van der Waals surface area contributed by atoms with Crippen LogP contribution in [0.5, 0.6) is 0 Å². The third-order valence-corrected chi connectivity index (χ3v) is 4.06. The zero-order valence-electron chi connectivity index (χ0n) is 12.5. The summed E-state index contributed by atoms with van der Waals surface area (Å²) in [5.74, 6) is -0.880. The molecule has 3 rings (SSSR count). The van der Waals surface area contributed by atoms with Crippen molar-refractivity contribution in [3.05, 3.63) is 57.2 Å². The van der Waals surface area contributed by atoms with E-state index in [-0.39, 0.29) is 5.69 Å². The van der Waals surface area contributed by atoms with Crippen LogP contribution in [0.15, 0.2) is 24.5 Å². The van der Waals surface area contributed by atoms with Gasteiger partial charge < -0.3 is 9.67 Å². The predicted molar refractivity (Wildman–Crippen MR) is 81.1 cm³/mol. The van der Waals surface area contributed by atoms with Crippen molar-refractivity contribution in [2.45, 2.75) is 32.5 Å². The normalized spacial score (nSPS) is 16.8. The minimum atomic E-state index is -0.880. The van der Waals surface area contributed by atoms with Crippen LogP contribution >= 0.6 is 0 Å². The fourth-order valence-corrected chi connectivity index (χ4v) is 2.85. The van der Waals surface area contributed by atoms with Crippen molar-refractivity contribution in [2.75, 3.05) is 0 Å². The second-order valence-electron chi connectivity index (χ2n) is 5.62. The van der Waals surface area contributed by atoms with Crippen molar-refractivity contribution in [1.29, 1.82) is 0 Å². The number of nitrogens with one attached hydrogen (secondary N) is 1. The van der Waals surface area contributed by atoms with Gasteiger partial charge in [0.05, 0.1) is 16.9 Å². The first-order chi connectivity index (χ1) is 11.0. The van der Waals surface area contributed by atoms with Gasteiger partial charge >= 0.3 is 5.97 Å². The maximum atomic E-state index is 11.1. The number of nitro benzene ring substituents is 1. The molecule has 8 nitrogen and oxygen atoms in total. The fourth-order valence-electron chi connectivity index (χ4n) is 2.85. The number of aromatic nitrogens is 2. The van der Waals surface area contributed by atoms with E-state index in [9.17, 15) is 14.9 Å². The van der Waals surface area contributed by atoms with Crippen LogP contribution in [-0.4, -0.2) is 31.6 Å². The molecule has 120 valence electrons. The largest absolute Gasteiger partial charge is 0.480 e. The number of hydrogen-bond donors (Lipinski definition) is 2. The van der Waals surface area contributed by atoms with Crippen LogP contribution in [0.1, 0.15) is 22.5 Å². The van der Waals surface area contributed by atoms with Gasteiger partial charge in [-0.2, -0.15) is 0 Å². The molecule has 1 aromatic carbocycles. The summed E-state index contributed by atoms with van der Waals surface area (Å²) in [6.07, 6.45) is 2.06. The molecule has 23 heavy (non-hydrogen) atoms. The summed E-state index contributed by atoms with van der Waals surface area (Å²) in [6.45, 7) is 2.64. The van der Waals surface area contributed by atoms with E-state index >= 15 is 0 Å². The number of aliphatic carboxylic acids is 1. The number of carbonyl (C=O) groups is 1. The smallest absolute Gasteiger partial charge is 0.321 e. The summed E-state index contributed by atoms with van der Waals surface area (Å²) in [5.41, 5.74) is 3.36. The fraction of sp³-hybridized carbons (Fsp3) is 0.333. The van der Waals surface area contributed by atoms with Crippen molar-refractivity contribution >= 4 is 11.7 Å². The van der Waals surface area contributed by atoms with Crippen molar-refractivity contribution in [3.63, 3.8) is 0 Å². The van der Waals surface area contributed by atoms with Crippen molar-refractivity contribution in [2.24, 2.45) is 0 Å². The minimum Gasteiger partial charge on any atom is -0.480 e. The van der Waals surface area contributed by atoms with Crippen LogP contribution in [0.2, 0.25) is 0 Å². The Morgan fingerprint density at radius 3 is 3.00 bits per heavy atom. The van der Waals surface area contributed by atoms with E-state index in [2.05, 4.69) is 10.3 Å². The number of aryl methyl sites for hydroxylation is 1. The molecule has 1 atom stereocenters. The van der Waals surface area contributed by atoms with Gasteiger partial charge in [-0.3, -0.25) is 20.2 Å². The molecule has 0 amide bonds. The lowest BCUT2D eigenvalue weighted by Crippen LogP contribution is -2.42. The highest BCUT2D eigenvalue weighted by Crippen LogP contribution is 2.21. The van der Waals surface area contributed by atoms with E-state index in [1.54, 1.807) is 25.4 Å². The Morgan fingerprint density at radius 2 is 2.35 bits per heavy atom. The van der Waals surface area contributed by atoms with E-state index in [1.165, 1.54) is 6.07 Å². The third kappa shape index (κ3) is 2.93. The highest BCUT2D eigenvalue weighted by Gasteiger charge is 2.27. The number of imidazole rings is 1. The van der Waals surface area contributed by atoms with Gasteiger partial charge in [-0.05, 0) is 18.6 Å². The number of rotatable bonds is 4. The highest BCUT2D eigenvalue weighted by molar-refractivity contribution is 5.74. The Bertz CT molecular complexity index is 784. The molecule has 2 N–H and O–H groups in total. The van der Waals surface area contributed by atoms with Gasteiger partial charge in [0, 0.05) is 36.8 Å². The zero-order valence-corrected chi connectivity index (χ0v) is 12.5. The van der Waals surface area contributed by atoms with Gasteiger partial charge in [-0.25, -0.2) is 4.98 Å². The lowest BCUT2D eigenvalue weighted by atomic mass is 10.0. The molecule has 1 aliphatic heterocycles. The number of hydrogen-bond acceptors (Lipinski definition) is 5. The van der Waals surface area contributed by atoms with Gasteiger partial charge in [-0.15, -0.1) is 0 Å². The molecule has 1 aliphatic rings. The standard InChI is InChI=1S/C15H16N4O4/c1-9-4-10(2-3-13(9)19(22)23)7-18-8-17-12-6-16-11(15(20)21)5-14(12)18/h2-4,8,11,16H,5-7H2,1H3,(H,20,21)/t11-/m0/s1. The van der Waals surface area contributed by atoms with E-state index in [4.69, 9.17) is 5.11 Å². The molecule has 8 heteroatoms.